The van der Waals surface area contributed by atoms with Crippen LogP contribution in [0.1, 0.15) is 41.3 Å². The number of hydrogen-bond acceptors (Lipinski definition) is 4. The molecule has 6 nitrogen and oxygen atoms in total. The molecule has 1 aliphatic heterocycles. The number of likely N-dealkylation sites (tertiary alicyclic amines) is 1. The van der Waals surface area contributed by atoms with Gasteiger partial charge in [0.25, 0.3) is 5.91 Å². The van der Waals surface area contributed by atoms with Gasteiger partial charge in [-0.3, -0.25) is 4.79 Å². The van der Waals surface area contributed by atoms with Crippen LogP contribution in [0.25, 0.3) is 0 Å². The number of halogens is 3. The third-order valence-electron chi connectivity index (χ3n) is 3.38. The molecule has 22 heavy (non-hydrogen) atoms. The molecule has 1 N–H and O–H groups in total. The van der Waals surface area contributed by atoms with E-state index < -0.39 is 35.6 Å². The molecule has 0 unspecified atom stereocenters. The van der Waals surface area contributed by atoms with Crippen LogP contribution in [0, 0.1) is 6.92 Å². The summed E-state index contributed by atoms with van der Waals surface area (Å²) in [6, 6.07) is 0.0938. The Kier molecular flexibility index (Phi) is 4.34. The standard InChI is InChI=1S/C13H14F3N3O3/c1-7-6-8(18-12(17-7)13(14,15)16)10(20)19-5-3-2-4-9(19)11(21)22/h6,9H,2-5H2,1H3,(H,21,22)/t9-/m1/s1. The van der Waals surface area contributed by atoms with Crippen LogP contribution in [-0.4, -0.2) is 44.4 Å². The van der Waals surface area contributed by atoms with Gasteiger partial charge in [-0.05, 0) is 32.3 Å². The van der Waals surface area contributed by atoms with Crippen molar-refractivity contribution in [2.75, 3.05) is 6.54 Å². The molecule has 0 saturated carbocycles. The monoisotopic (exact) mass is 317 g/mol. The number of rotatable bonds is 2. The van der Waals surface area contributed by atoms with Crippen LogP contribution in [0.15, 0.2) is 6.07 Å². The van der Waals surface area contributed by atoms with Crippen molar-refractivity contribution in [3.05, 3.63) is 23.3 Å². The molecule has 1 fully saturated rings. The average molecular weight is 317 g/mol. The van der Waals surface area contributed by atoms with E-state index in [0.29, 0.717) is 12.8 Å². The Hall–Kier alpha value is -2.19. The number of nitrogens with zero attached hydrogens (tertiary/aromatic N) is 3. The third-order valence-corrected chi connectivity index (χ3v) is 3.38. The molecule has 0 radical (unpaired) electrons. The highest BCUT2D eigenvalue weighted by Crippen LogP contribution is 2.27. The van der Waals surface area contributed by atoms with E-state index in [0.717, 1.165) is 11.0 Å². The second-order valence-corrected chi connectivity index (χ2v) is 5.06. The maximum atomic E-state index is 12.7. The number of hydrogen-bond donors (Lipinski definition) is 1. The molecule has 120 valence electrons. The summed E-state index contributed by atoms with van der Waals surface area (Å²) in [6.45, 7) is 1.50. The summed E-state index contributed by atoms with van der Waals surface area (Å²) >= 11 is 0. The van der Waals surface area contributed by atoms with Crippen LogP contribution in [0.5, 0.6) is 0 Å². The van der Waals surface area contributed by atoms with Gasteiger partial charge in [-0.2, -0.15) is 13.2 Å². The topological polar surface area (TPSA) is 83.4 Å². The number of amides is 1. The van der Waals surface area contributed by atoms with E-state index in [1.165, 1.54) is 6.92 Å². The van der Waals surface area contributed by atoms with Crippen molar-refractivity contribution in [1.29, 1.82) is 0 Å². The van der Waals surface area contributed by atoms with E-state index in [4.69, 9.17) is 5.11 Å². The Morgan fingerprint density at radius 3 is 2.59 bits per heavy atom. The SMILES string of the molecule is Cc1cc(C(=O)N2CCCC[C@@H]2C(=O)O)nc(C(F)(F)F)n1. The first kappa shape index (κ1) is 16.2. The van der Waals surface area contributed by atoms with Crippen LogP contribution >= 0.6 is 0 Å². The summed E-state index contributed by atoms with van der Waals surface area (Å²) in [5.74, 6) is -3.39. The Morgan fingerprint density at radius 1 is 1.32 bits per heavy atom. The molecular weight excluding hydrogens is 303 g/mol. The van der Waals surface area contributed by atoms with Crippen molar-refractivity contribution < 1.29 is 27.9 Å². The molecule has 0 bridgehead atoms. The second-order valence-electron chi connectivity index (χ2n) is 5.06. The van der Waals surface area contributed by atoms with Gasteiger partial charge in [-0.25, -0.2) is 14.8 Å². The predicted octanol–water partition coefficient (Wildman–Crippen LogP) is 1.88. The molecule has 1 amide bonds. The highest BCUT2D eigenvalue weighted by atomic mass is 19.4. The Labute approximate surface area is 124 Å². The zero-order valence-corrected chi connectivity index (χ0v) is 11.7. The number of aromatic nitrogens is 2. The fraction of sp³-hybridized carbons (Fsp3) is 0.538. The van der Waals surface area contributed by atoms with Gasteiger partial charge in [0, 0.05) is 12.2 Å². The van der Waals surface area contributed by atoms with Crippen LogP contribution in [0.3, 0.4) is 0 Å². The molecule has 0 aromatic carbocycles. The number of carboxylic acid groups (broad SMARTS) is 1. The third kappa shape index (κ3) is 3.34. The van der Waals surface area contributed by atoms with Crippen molar-refractivity contribution in [3.8, 4) is 0 Å². The van der Waals surface area contributed by atoms with E-state index in [-0.39, 0.29) is 18.7 Å². The minimum absolute atomic E-state index is 0.00504. The van der Waals surface area contributed by atoms with Gasteiger partial charge in [-0.1, -0.05) is 0 Å². The van der Waals surface area contributed by atoms with Crippen molar-refractivity contribution >= 4 is 11.9 Å². The number of carbonyl (C=O) groups excluding carboxylic acids is 1. The van der Waals surface area contributed by atoms with E-state index >= 15 is 0 Å². The number of carbonyl (C=O) groups is 2. The van der Waals surface area contributed by atoms with Crippen LogP contribution in [0.4, 0.5) is 13.2 Å². The summed E-state index contributed by atoms with van der Waals surface area (Å²) in [4.78, 5) is 31.1. The lowest BCUT2D eigenvalue weighted by Crippen LogP contribution is -2.48. The quantitative estimate of drug-likeness (QED) is 0.900. The van der Waals surface area contributed by atoms with Crippen molar-refractivity contribution in [1.82, 2.24) is 14.9 Å². The molecule has 1 aromatic heterocycles. The van der Waals surface area contributed by atoms with Crippen LogP contribution < -0.4 is 0 Å². The van der Waals surface area contributed by atoms with Gasteiger partial charge >= 0.3 is 12.1 Å². The zero-order valence-electron chi connectivity index (χ0n) is 11.7. The molecule has 2 heterocycles. The van der Waals surface area contributed by atoms with Gasteiger partial charge < -0.3 is 10.0 Å². The first-order chi connectivity index (χ1) is 10.2. The Bertz CT molecular complexity index is 604. The second kappa shape index (κ2) is 5.90. The zero-order chi connectivity index (χ0) is 16.5. The minimum atomic E-state index is -4.77. The smallest absolute Gasteiger partial charge is 0.451 e. The van der Waals surface area contributed by atoms with Crippen molar-refractivity contribution in [2.24, 2.45) is 0 Å². The number of aliphatic carboxylic acids is 1. The number of aryl methyl sites for hydroxylation is 1. The summed E-state index contributed by atoms with van der Waals surface area (Å²) in [7, 11) is 0. The van der Waals surface area contributed by atoms with Crippen molar-refractivity contribution in [2.45, 2.75) is 38.4 Å². The highest BCUT2D eigenvalue weighted by molar-refractivity contribution is 5.95. The fourth-order valence-corrected chi connectivity index (χ4v) is 2.38. The molecule has 9 heteroatoms. The molecule has 1 atom stereocenters. The summed E-state index contributed by atoms with van der Waals surface area (Å²) in [5.41, 5.74) is -0.442. The molecule has 2 rings (SSSR count). The molecular formula is C13H14F3N3O3. The van der Waals surface area contributed by atoms with Crippen molar-refractivity contribution in [3.63, 3.8) is 0 Å². The van der Waals surface area contributed by atoms with Gasteiger partial charge in [0.2, 0.25) is 5.82 Å². The molecule has 0 aliphatic carbocycles. The summed E-state index contributed by atoms with van der Waals surface area (Å²) in [6.07, 6.45) is -3.24. The van der Waals surface area contributed by atoms with Crippen LogP contribution in [-0.2, 0) is 11.0 Å². The maximum absolute atomic E-state index is 12.7. The largest absolute Gasteiger partial charge is 0.480 e. The highest BCUT2D eigenvalue weighted by Gasteiger charge is 2.37. The fourth-order valence-electron chi connectivity index (χ4n) is 2.38. The average Bonchev–Trinajstić information content (AvgIpc) is 2.45. The van der Waals surface area contributed by atoms with E-state index in [2.05, 4.69) is 9.97 Å². The number of alkyl halides is 3. The molecule has 1 saturated heterocycles. The van der Waals surface area contributed by atoms with Gasteiger partial charge in [0.15, 0.2) is 0 Å². The maximum Gasteiger partial charge on any atom is 0.451 e. The number of piperidine rings is 1. The predicted molar refractivity (Wildman–Crippen MR) is 68.1 cm³/mol. The summed E-state index contributed by atoms with van der Waals surface area (Å²) < 4.78 is 38.1. The number of carboxylic acids is 1. The van der Waals surface area contributed by atoms with E-state index in [1.807, 2.05) is 0 Å². The molecule has 0 spiro atoms. The van der Waals surface area contributed by atoms with Gasteiger partial charge in [0.05, 0.1) is 0 Å². The lowest BCUT2D eigenvalue weighted by Gasteiger charge is -2.32. The Balaban J connectivity index is 2.36. The van der Waals surface area contributed by atoms with E-state index in [1.54, 1.807) is 0 Å². The van der Waals surface area contributed by atoms with Gasteiger partial charge in [-0.15, -0.1) is 0 Å². The normalized spacial score (nSPS) is 19.1. The first-order valence-electron chi connectivity index (χ1n) is 6.67. The van der Waals surface area contributed by atoms with Crippen LogP contribution in [0.2, 0.25) is 0 Å². The summed E-state index contributed by atoms with van der Waals surface area (Å²) in [5, 5.41) is 9.14. The molecule has 1 aliphatic rings. The minimum Gasteiger partial charge on any atom is -0.480 e. The van der Waals surface area contributed by atoms with E-state index in [9.17, 15) is 22.8 Å². The lowest BCUT2D eigenvalue weighted by molar-refractivity contribution is -0.145. The Morgan fingerprint density at radius 2 is 2.00 bits per heavy atom. The lowest BCUT2D eigenvalue weighted by atomic mass is 10.0. The first-order valence-corrected chi connectivity index (χ1v) is 6.67. The van der Waals surface area contributed by atoms with Gasteiger partial charge in [0.1, 0.15) is 11.7 Å². The molecule has 1 aromatic rings.